The minimum atomic E-state index is -0.0611. The van der Waals surface area contributed by atoms with Crippen molar-refractivity contribution in [3.05, 3.63) is 33.4 Å². The molecule has 0 amide bonds. The van der Waals surface area contributed by atoms with Crippen LogP contribution in [0.1, 0.15) is 16.8 Å². The van der Waals surface area contributed by atoms with E-state index in [9.17, 15) is 4.79 Å². The zero-order chi connectivity index (χ0) is 11.0. The fourth-order valence-electron chi connectivity index (χ4n) is 1.75. The van der Waals surface area contributed by atoms with E-state index in [1.165, 1.54) is 0 Å². The van der Waals surface area contributed by atoms with Gasteiger partial charge in [0.05, 0.1) is 6.20 Å². The summed E-state index contributed by atoms with van der Waals surface area (Å²) < 4.78 is 1.75. The van der Waals surface area contributed by atoms with Crippen LogP contribution in [-0.2, 0) is 6.42 Å². The molecule has 0 saturated heterocycles. The molecule has 0 unspecified atom stereocenters. The Kier molecular flexibility index (Phi) is 2.32. The van der Waals surface area contributed by atoms with E-state index in [0.717, 1.165) is 16.9 Å². The molecule has 0 saturated carbocycles. The topological polar surface area (TPSA) is 76.2 Å². The van der Waals surface area contributed by atoms with Crippen molar-refractivity contribution in [2.24, 2.45) is 5.73 Å². The van der Waals surface area contributed by atoms with Crippen molar-refractivity contribution >= 4 is 5.65 Å². The van der Waals surface area contributed by atoms with Crippen molar-refractivity contribution < 1.29 is 0 Å². The number of rotatable bonds is 2. The number of nitrogens with two attached hydrogens (primary N) is 1. The second-order valence-electron chi connectivity index (χ2n) is 3.64. The highest BCUT2D eigenvalue weighted by atomic mass is 16.1. The minimum absolute atomic E-state index is 0.0611. The molecule has 80 valence electrons. The average molecular weight is 206 g/mol. The first-order chi connectivity index (χ1) is 7.15. The lowest BCUT2D eigenvalue weighted by molar-refractivity contribution is 0.832. The molecule has 15 heavy (non-hydrogen) atoms. The van der Waals surface area contributed by atoms with Crippen LogP contribution in [0.25, 0.3) is 5.65 Å². The van der Waals surface area contributed by atoms with Gasteiger partial charge in [0.1, 0.15) is 5.65 Å². The summed E-state index contributed by atoms with van der Waals surface area (Å²) >= 11 is 0. The maximum absolute atomic E-state index is 11.7. The lowest BCUT2D eigenvalue weighted by atomic mass is 10.2. The van der Waals surface area contributed by atoms with E-state index < -0.39 is 0 Å². The molecule has 5 nitrogen and oxygen atoms in total. The normalized spacial score (nSPS) is 11.1. The van der Waals surface area contributed by atoms with Crippen LogP contribution in [0.15, 0.2) is 11.0 Å². The van der Waals surface area contributed by atoms with E-state index in [4.69, 9.17) is 5.73 Å². The van der Waals surface area contributed by atoms with Gasteiger partial charge in [-0.25, -0.2) is 4.52 Å². The number of aromatic amines is 1. The molecule has 0 aliphatic heterocycles. The lowest BCUT2D eigenvalue weighted by Crippen LogP contribution is -2.21. The van der Waals surface area contributed by atoms with E-state index in [-0.39, 0.29) is 5.56 Å². The lowest BCUT2D eigenvalue weighted by Gasteiger charge is -2.05. The van der Waals surface area contributed by atoms with Crippen molar-refractivity contribution in [3.8, 4) is 0 Å². The van der Waals surface area contributed by atoms with Gasteiger partial charge in [0.25, 0.3) is 5.56 Å². The van der Waals surface area contributed by atoms with E-state index in [2.05, 4.69) is 10.1 Å². The zero-order valence-electron chi connectivity index (χ0n) is 8.87. The van der Waals surface area contributed by atoms with Gasteiger partial charge in [-0.05, 0) is 26.8 Å². The molecule has 2 rings (SSSR count). The van der Waals surface area contributed by atoms with Crippen LogP contribution in [0.3, 0.4) is 0 Å². The Bertz CT molecular complexity index is 552. The SMILES string of the molecule is Cc1cnn2c(C)c(CCN)c(=O)[nH]c12. The van der Waals surface area contributed by atoms with Crippen LogP contribution in [0.2, 0.25) is 0 Å². The van der Waals surface area contributed by atoms with Gasteiger partial charge >= 0.3 is 0 Å². The van der Waals surface area contributed by atoms with Gasteiger partial charge in [0, 0.05) is 16.8 Å². The quantitative estimate of drug-likeness (QED) is 0.733. The molecule has 2 heterocycles. The van der Waals surface area contributed by atoms with Crippen LogP contribution < -0.4 is 11.3 Å². The number of H-pyrrole nitrogens is 1. The standard InChI is InChI=1S/C10H14N4O/c1-6-5-12-14-7(2)8(3-4-11)10(15)13-9(6)14/h5H,3-4,11H2,1-2H3,(H,13,15). The first-order valence-electron chi connectivity index (χ1n) is 4.91. The van der Waals surface area contributed by atoms with Gasteiger partial charge in [0.15, 0.2) is 0 Å². The van der Waals surface area contributed by atoms with Crippen molar-refractivity contribution in [1.82, 2.24) is 14.6 Å². The highest BCUT2D eigenvalue weighted by Crippen LogP contribution is 2.09. The van der Waals surface area contributed by atoms with E-state index in [1.807, 2.05) is 13.8 Å². The molecule has 0 aliphatic rings. The summed E-state index contributed by atoms with van der Waals surface area (Å²) in [5.41, 5.74) is 8.72. The number of nitrogens with zero attached hydrogens (tertiary/aromatic N) is 2. The molecule has 2 aromatic rings. The van der Waals surface area contributed by atoms with Gasteiger partial charge in [-0.3, -0.25) is 4.79 Å². The minimum Gasteiger partial charge on any atom is -0.330 e. The molecule has 0 radical (unpaired) electrons. The third kappa shape index (κ3) is 1.45. The van der Waals surface area contributed by atoms with Crippen LogP contribution >= 0.6 is 0 Å². The number of hydrogen-bond donors (Lipinski definition) is 2. The molecule has 2 aromatic heterocycles. The highest BCUT2D eigenvalue weighted by Gasteiger charge is 2.10. The number of aromatic nitrogens is 3. The monoisotopic (exact) mass is 206 g/mol. The molecule has 5 heteroatoms. The number of fused-ring (bicyclic) bond motifs is 1. The van der Waals surface area contributed by atoms with Crippen LogP contribution in [0, 0.1) is 13.8 Å². The highest BCUT2D eigenvalue weighted by molar-refractivity contribution is 5.47. The number of hydrogen-bond acceptors (Lipinski definition) is 3. The average Bonchev–Trinajstić information content (AvgIpc) is 2.55. The Morgan fingerprint density at radius 2 is 2.27 bits per heavy atom. The van der Waals surface area contributed by atoms with Gasteiger partial charge < -0.3 is 10.7 Å². The maximum Gasteiger partial charge on any atom is 0.254 e. The van der Waals surface area contributed by atoms with E-state index in [1.54, 1.807) is 10.7 Å². The Hall–Kier alpha value is -1.62. The molecule has 0 spiro atoms. The Morgan fingerprint density at radius 1 is 1.53 bits per heavy atom. The number of nitrogens with one attached hydrogen (secondary N) is 1. The summed E-state index contributed by atoms with van der Waals surface area (Å²) in [6.45, 7) is 4.27. The molecule has 0 aliphatic carbocycles. The fraction of sp³-hybridized carbons (Fsp3) is 0.400. The molecular weight excluding hydrogens is 192 g/mol. The Morgan fingerprint density at radius 3 is 2.93 bits per heavy atom. The van der Waals surface area contributed by atoms with E-state index >= 15 is 0 Å². The van der Waals surface area contributed by atoms with Gasteiger partial charge in [-0.15, -0.1) is 0 Å². The molecular formula is C10H14N4O. The van der Waals surface area contributed by atoms with Crippen molar-refractivity contribution in [3.63, 3.8) is 0 Å². The van der Waals surface area contributed by atoms with E-state index in [0.29, 0.717) is 18.5 Å². The predicted octanol–water partition coefficient (Wildman–Crippen LogP) is 0.141. The van der Waals surface area contributed by atoms with Crippen molar-refractivity contribution in [2.75, 3.05) is 6.54 Å². The third-order valence-corrected chi connectivity index (χ3v) is 2.61. The summed E-state index contributed by atoms with van der Waals surface area (Å²) in [6.07, 6.45) is 2.32. The fourth-order valence-corrected chi connectivity index (χ4v) is 1.75. The molecule has 0 fully saturated rings. The van der Waals surface area contributed by atoms with Crippen molar-refractivity contribution in [1.29, 1.82) is 0 Å². The zero-order valence-corrected chi connectivity index (χ0v) is 8.87. The smallest absolute Gasteiger partial charge is 0.254 e. The van der Waals surface area contributed by atoms with Gasteiger partial charge in [-0.2, -0.15) is 5.10 Å². The third-order valence-electron chi connectivity index (χ3n) is 2.61. The maximum atomic E-state index is 11.7. The van der Waals surface area contributed by atoms with Gasteiger partial charge in [0.2, 0.25) is 0 Å². The van der Waals surface area contributed by atoms with Gasteiger partial charge in [-0.1, -0.05) is 0 Å². The Balaban J connectivity index is 2.79. The second kappa shape index (κ2) is 3.51. The summed E-state index contributed by atoms with van der Waals surface area (Å²) in [6, 6.07) is 0. The van der Waals surface area contributed by atoms with Crippen LogP contribution in [0.5, 0.6) is 0 Å². The Labute approximate surface area is 86.9 Å². The molecule has 0 aromatic carbocycles. The van der Waals surface area contributed by atoms with Crippen LogP contribution in [0.4, 0.5) is 0 Å². The summed E-state index contributed by atoms with van der Waals surface area (Å²) in [5.74, 6) is 0. The largest absolute Gasteiger partial charge is 0.330 e. The van der Waals surface area contributed by atoms with Crippen molar-refractivity contribution in [2.45, 2.75) is 20.3 Å². The number of aryl methyl sites for hydroxylation is 2. The second-order valence-corrected chi connectivity index (χ2v) is 3.64. The molecule has 3 N–H and O–H groups in total. The summed E-state index contributed by atoms with van der Waals surface area (Å²) in [7, 11) is 0. The van der Waals surface area contributed by atoms with Crippen LogP contribution in [-0.4, -0.2) is 21.1 Å². The first-order valence-corrected chi connectivity index (χ1v) is 4.91. The predicted molar refractivity (Wildman–Crippen MR) is 58.0 cm³/mol. The summed E-state index contributed by atoms with van der Waals surface area (Å²) in [5, 5.41) is 4.21. The molecule has 0 bridgehead atoms. The molecule has 0 atom stereocenters. The summed E-state index contributed by atoms with van der Waals surface area (Å²) in [4.78, 5) is 14.6. The first kappa shape index (κ1) is 9.92.